The van der Waals surface area contributed by atoms with Gasteiger partial charge in [0.1, 0.15) is 16.4 Å². The first kappa shape index (κ1) is 25.0. The number of hydrogen-bond donors (Lipinski definition) is 2. The molecule has 194 valence electrons. The third-order valence-corrected chi connectivity index (χ3v) is 9.10. The summed E-state index contributed by atoms with van der Waals surface area (Å²) in [6.07, 6.45) is 1.65. The molecule has 0 unspecified atom stereocenters. The summed E-state index contributed by atoms with van der Waals surface area (Å²) in [6, 6.07) is 10.7. The number of morpholine rings is 1. The van der Waals surface area contributed by atoms with Gasteiger partial charge in [-0.1, -0.05) is 0 Å². The molecule has 2 aromatic heterocycles. The highest BCUT2D eigenvalue weighted by atomic mass is 32.2. The highest BCUT2D eigenvalue weighted by Gasteiger charge is 2.58. The Balaban J connectivity index is 1.59. The van der Waals surface area contributed by atoms with Gasteiger partial charge in [-0.05, 0) is 56.2 Å². The fourth-order valence-electron chi connectivity index (χ4n) is 4.41. The lowest BCUT2D eigenvalue weighted by atomic mass is 10.1. The third kappa shape index (κ3) is 4.74. The minimum absolute atomic E-state index is 0.0361. The van der Waals surface area contributed by atoms with Crippen LogP contribution in [0.3, 0.4) is 0 Å². The largest absolute Gasteiger partial charge is 0.377 e. The Morgan fingerprint density at radius 2 is 1.92 bits per heavy atom. The van der Waals surface area contributed by atoms with Gasteiger partial charge in [0.05, 0.1) is 31.1 Å². The van der Waals surface area contributed by atoms with Gasteiger partial charge in [0.15, 0.2) is 10.9 Å². The molecule has 3 heterocycles. The number of ether oxygens (including phenoxy) is 1. The van der Waals surface area contributed by atoms with E-state index in [2.05, 4.69) is 20.5 Å². The molecule has 2 aliphatic rings. The van der Waals surface area contributed by atoms with Crippen molar-refractivity contribution in [3.8, 4) is 11.4 Å². The van der Waals surface area contributed by atoms with Crippen LogP contribution in [0.15, 0.2) is 53.7 Å². The van der Waals surface area contributed by atoms with Crippen LogP contribution in [-0.4, -0.2) is 62.2 Å². The van der Waals surface area contributed by atoms with Gasteiger partial charge in [-0.3, -0.25) is 0 Å². The third-order valence-electron chi connectivity index (χ3n) is 6.66. The van der Waals surface area contributed by atoms with Crippen LogP contribution in [-0.2, 0) is 19.3 Å². The van der Waals surface area contributed by atoms with Gasteiger partial charge in [0, 0.05) is 30.9 Å². The van der Waals surface area contributed by atoms with E-state index in [1.54, 1.807) is 30.3 Å². The molecule has 37 heavy (non-hydrogen) atoms. The topological polar surface area (TPSA) is 126 Å². The van der Waals surface area contributed by atoms with E-state index in [0.29, 0.717) is 61.2 Å². The summed E-state index contributed by atoms with van der Waals surface area (Å²) in [5, 5.41) is 5.01. The van der Waals surface area contributed by atoms with Crippen LogP contribution in [0.4, 0.5) is 20.7 Å². The summed E-state index contributed by atoms with van der Waals surface area (Å²) < 4.78 is 45.1. The number of pyridine rings is 1. The maximum Gasteiger partial charge on any atom is 0.318 e. The van der Waals surface area contributed by atoms with Crippen molar-refractivity contribution in [2.75, 3.05) is 37.0 Å². The zero-order valence-electron chi connectivity index (χ0n) is 20.4. The highest BCUT2D eigenvalue weighted by Crippen LogP contribution is 2.54. The molecule has 1 aromatic carbocycles. The number of halogens is 1. The second-order valence-electron chi connectivity index (χ2n) is 9.15. The van der Waals surface area contributed by atoms with Crippen molar-refractivity contribution < 1.29 is 22.3 Å². The van der Waals surface area contributed by atoms with E-state index in [0.717, 1.165) is 12.3 Å². The second-order valence-corrected chi connectivity index (χ2v) is 11.4. The summed E-state index contributed by atoms with van der Waals surface area (Å²) in [5.74, 6) is 0.370. The van der Waals surface area contributed by atoms with Crippen LogP contribution in [0.5, 0.6) is 0 Å². The molecule has 10 nitrogen and oxygen atoms in total. The van der Waals surface area contributed by atoms with Crippen molar-refractivity contribution in [2.45, 2.75) is 35.6 Å². The summed E-state index contributed by atoms with van der Waals surface area (Å²) in [6.45, 7) is 3.68. The summed E-state index contributed by atoms with van der Waals surface area (Å²) in [5.41, 5.74) is 1.63. The van der Waals surface area contributed by atoms with Crippen LogP contribution in [0.25, 0.3) is 11.4 Å². The van der Waals surface area contributed by atoms with Gasteiger partial charge in [-0.25, -0.2) is 32.6 Å². The molecule has 5 rings (SSSR count). The van der Waals surface area contributed by atoms with E-state index in [4.69, 9.17) is 14.7 Å². The quantitative estimate of drug-likeness (QED) is 0.502. The molecule has 2 N–H and O–H groups in total. The summed E-state index contributed by atoms with van der Waals surface area (Å²) >= 11 is 0. The number of rotatable bonds is 6. The molecule has 1 aliphatic heterocycles. The predicted octanol–water partition coefficient (Wildman–Crippen LogP) is 3.12. The molecule has 2 fully saturated rings. The van der Waals surface area contributed by atoms with Crippen LogP contribution in [0.2, 0.25) is 0 Å². The fourth-order valence-corrected chi connectivity index (χ4v) is 6.26. The number of urea groups is 1. The van der Waals surface area contributed by atoms with Crippen molar-refractivity contribution in [1.29, 1.82) is 0 Å². The Morgan fingerprint density at radius 3 is 2.54 bits per heavy atom. The molecule has 0 bridgehead atoms. The number of nitrogens with one attached hydrogen (secondary N) is 2. The van der Waals surface area contributed by atoms with E-state index >= 15 is 0 Å². The van der Waals surface area contributed by atoms with Crippen molar-refractivity contribution in [1.82, 2.24) is 20.3 Å². The van der Waals surface area contributed by atoms with Gasteiger partial charge >= 0.3 is 6.03 Å². The molecule has 0 radical (unpaired) electrons. The number of aromatic nitrogens is 3. The second kappa shape index (κ2) is 9.67. The Morgan fingerprint density at radius 1 is 1.16 bits per heavy atom. The maximum atomic E-state index is 13.7. The Kier molecular flexibility index (Phi) is 6.54. The molecule has 1 saturated heterocycles. The van der Waals surface area contributed by atoms with Crippen LogP contribution in [0, 0.1) is 5.82 Å². The van der Waals surface area contributed by atoms with E-state index in [1.165, 1.54) is 13.1 Å². The minimum atomic E-state index is -3.95. The van der Waals surface area contributed by atoms with Crippen LogP contribution < -0.4 is 15.5 Å². The zero-order chi connectivity index (χ0) is 26.2. The van der Waals surface area contributed by atoms with Crippen LogP contribution in [0.1, 0.15) is 25.5 Å². The Labute approximate surface area is 214 Å². The van der Waals surface area contributed by atoms with Gasteiger partial charge in [-0.2, -0.15) is 0 Å². The first-order chi connectivity index (χ1) is 17.7. The number of nitrogens with zero attached hydrogens (tertiary/aromatic N) is 4. The minimum Gasteiger partial charge on any atom is -0.377 e. The molecule has 2 amide bonds. The number of benzene rings is 1. The van der Waals surface area contributed by atoms with Gasteiger partial charge in [-0.15, -0.1) is 0 Å². The molecular weight excluding hydrogens is 499 g/mol. The zero-order valence-corrected chi connectivity index (χ0v) is 21.3. The van der Waals surface area contributed by atoms with Crippen molar-refractivity contribution in [3.63, 3.8) is 0 Å². The molecule has 1 saturated carbocycles. The van der Waals surface area contributed by atoms with E-state index < -0.39 is 20.4 Å². The molecular formula is C25H27FN6O4S. The number of carbonyl (C=O) groups is 1. The van der Waals surface area contributed by atoms with Crippen molar-refractivity contribution in [3.05, 3.63) is 60.2 Å². The lowest BCUT2D eigenvalue weighted by Gasteiger charge is -2.34. The average molecular weight is 527 g/mol. The maximum absolute atomic E-state index is 13.7. The van der Waals surface area contributed by atoms with E-state index in [9.17, 15) is 17.6 Å². The predicted molar refractivity (Wildman–Crippen MR) is 135 cm³/mol. The number of anilines is 2. The number of sulfone groups is 1. The van der Waals surface area contributed by atoms with Gasteiger partial charge in [0.2, 0.25) is 9.84 Å². The normalized spacial score (nSPS) is 18.8. The fraction of sp³-hybridized carbons (Fsp3) is 0.360. The number of amides is 2. The highest BCUT2D eigenvalue weighted by molar-refractivity contribution is 7.92. The summed E-state index contributed by atoms with van der Waals surface area (Å²) in [7, 11) is -2.42. The van der Waals surface area contributed by atoms with Crippen LogP contribution >= 0.6 is 0 Å². The van der Waals surface area contributed by atoms with Crippen molar-refractivity contribution in [2.24, 2.45) is 0 Å². The molecule has 12 heteroatoms. The van der Waals surface area contributed by atoms with Gasteiger partial charge in [0.25, 0.3) is 0 Å². The van der Waals surface area contributed by atoms with Gasteiger partial charge < -0.3 is 20.3 Å². The SMILES string of the molecule is CNC(=O)Nc1ccc(-c2nc(N3CCOC[C@@H]3C)cc(C3(S(=O)(=O)c4ccc(F)cn4)CC3)n2)cc1. The number of hydrogen-bond acceptors (Lipinski definition) is 8. The monoisotopic (exact) mass is 526 g/mol. The smallest absolute Gasteiger partial charge is 0.318 e. The Hall–Kier alpha value is -3.64. The average Bonchev–Trinajstić information content (AvgIpc) is 3.72. The molecule has 0 spiro atoms. The lowest BCUT2D eigenvalue weighted by molar-refractivity contribution is 0.0985. The molecule has 1 atom stereocenters. The van der Waals surface area contributed by atoms with E-state index in [-0.39, 0.29) is 17.1 Å². The number of carbonyl (C=O) groups excluding carboxylic acids is 1. The first-order valence-electron chi connectivity index (χ1n) is 11.9. The summed E-state index contributed by atoms with van der Waals surface area (Å²) in [4.78, 5) is 27.1. The van der Waals surface area contributed by atoms with E-state index in [1.807, 2.05) is 6.92 Å². The van der Waals surface area contributed by atoms with Crippen molar-refractivity contribution >= 4 is 27.4 Å². The first-order valence-corrected chi connectivity index (χ1v) is 13.4. The lowest BCUT2D eigenvalue weighted by Crippen LogP contribution is -2.44. The Bertz CT molecular complexity index is 1410. The molecule has 1 aliphatic carbocycles. The standard InChI is InChI=1S/C25H27FN6O4S/c1-16-15-36-12-11-32(16)21-13-20(25(9-10-25)37(34,35)22-8-5-18(26)14-28-22)30-23(31-21)17-3-6-19(7-4-17)29-24(33)27-2/h3-8,13-14,16H,9-12,15H2,1-2H3,(H2,27,29,33)/t16-/m0/s1. The molecule has 3 aromatic rings.